The third kappa shape index (κ3) is 1.89. The van der Waals surface area contributed by atoms with Crippen molar-refractivity contribution in [2.24, 2.45) is 0 Å². The van der Waals surface area contributed by atoms with E-state index >= 15 is 0 Å². The molecule has 0 aliphatic carbocycles. The second-order valence-corrected chi connectivity index (χ2v) is 4.92. The summed E-state index contributed by atoms with van der Waals surface area (Å²) in [5.41, 5.74) is 2.46. The van der Waals surface area contributed by atoms with Gasteiger partial charge in [0.25, 0.3) is 0 Å². The van der Waals surface area contributed by atoms with Crippen LogP contribution in [0.5, 0.6) is 0 Å². The van der Waals surface area contributed by atoms with Gasteiger partial charge in [0.2, 0.25) is 5.91 Å². The number of fused-ring (bicyclic) bond motifs is 3. The van der Waals surface area contributed by atoms with Gasteiger partial charge >= 0.3 is 0 Å². The first-order valence-electron chi connectivity index (χ1n) is 6.20. The van der Waals surface area contributed by atoms with Crippen molar-refractivity contribution in [1.82, 2.24) is 9.47 Å². The summed E-state index contributed by atoms with van der Waals surface area (Å²) in [6.45, 7) is 2.43. The van der Waals surface area contributed by atoms with E-state index in [1.165, 1.54) is 16.6 Å². The van der Waals surface area contributed by atoms with E-state index in [1.54, 1.807) is 0 Å². The first-order valence-corrected chi connectivity index (χ1v) is 6.74. The van der Waals surface area contributed by atoms with E-state index in [4.69, 9.17) is 11.6 Å². The van der Waals surface area contributed by atoms with Crippen molar-refractivity contribution in [2.45, 2.75) is 19.5 Å². The maximum Gasteiger partial charge on any atom is 0.237 e. The maximum atomic E-state index is 11.7. The van der Waals surface area contributed by atoms with E-state index in [2.05, 4.69) is 28.8 Å². The second-order valence-electron chi connectivity index (χ2n) is 4.65. The molecular formula is C14H15ClN2O. The van der Waals surface area contributed by atoms with Crippen LogP contribution in [-0.2, 0) is 17.9 Å². The van der Waals surface area contributed by atoms with Gasteiger partial charge in [-0.1, -0.05) is 18.2 Å². The van der Waals surface area contributed by atoms with Crippen molar-refractivity contribution in [1.29, 1.82) is 0 Å². The molecule has 3 rings (SSSR count). The van der Waals surface area contributed by atoms with Gasteiger partial charge < -0.3 is 9.47 Å². The lowest BCUT2D eigenvalue weighted by Gasteiger charge is -2.18. The number of carbonyl (C=O) groups excluding carboxylic acids is 1. The molecule has 0 fully saturated rings. The summed E-state index contributed by atoms with van der Waals surface area (Å²) in [7, 11) is 0. The first kappa shape index (κ1) is 11.6. The molecule has 2 aromatic rings. The number of alkyl halides is 1. The molecule has 1 aliphatic heterocycles. The number of halogens is 1. The Morgan fingerprint density at radius 2 is 2.11 bits per heavy atom. The minimum atomic E-state index is 0.0235. The molecule has 1 aromatic heterocycles. The zero-order valence-corrected chi connectivity index (χ0v) is 10.9. The van der Waals surface area contributed by atoms with Crippen LogP contribution in [0.1, 0.15) is 12.1 Å². The summed E-state index contributed by atoms with van der Waals surface area (Å²) in [5.74, 6) is 0.0932. The molecule has 94 valence electrons. The molecule has 1 aliphatic rings. The fourth-order valence-corrected chi connectivity index (χ4v) is 2.82. The van der Waals surface area contributed by atoms with Crippen molar-refractivity contribution >= 4 is 28.4 Å². The average Bonchev–Trinajstić information content (AvgIpc) is 2.61. The third-order valence-electron chi connectivity index (χ3n) is 3.53. The van der Waals surface area contributed by atoms with E-state index in [-0.39, 0.29) is 11.8 Å². The molecule has 0 spiro atoms. The molecular weight excluding hydrogens is 248 g/mol. The number of para-hydroxylation sites is 1. The van der Waals surface area contributed by atoms with E-state index in [1.807, 2.05) is 11.0 Å². The van der Waals surface area contributed by atoms with Crippen molar-refractivity contribution in [3.8, 4) is 0 Å². The predicted octanol–water partition coefficient (Wildman–Crippen LogP) is 2.61. The van der Waals surface area contributed by atoms with Crippen LogP contribution >= 0.6 is 11.6 Å². The van der Waals surface area contributed by atoms with Gasteiger partial charge in [-0.2, -0.15) is 0 Å². The standard InChI is InChI=1S/C14H15ClN2O/c15-9-14(18)16-6-3-7-17-12(10-16)8-11-4-1-2-5-13(11)17/h1-2,4-5,8H,3,6-7,9-10H2. The van der Waals surface area contributed by atoms with Crippen molar-refractivity contribution in [3.63, 3.8) is 0 Å². The van der Waals surface area contributed by atoms with Crippen LogP contribution in [0.25, 0.3) is 10.9 Å². The lowest BCUT2D eigenvalue weighted by Crippen LogP contribution is -2.31. The molecule has 1 amide bonds. The Kier molecular flexibility index (Phi) is 3.00. The van der Waals surface area contributed by atoms with Crippen molar-refractivity contribution in [2.75, 3.05) is 12.4 Å². The molecule has 0 radical (unpaired) electrons. The molecule has 2 heterocycles. The van der Waals surface area contributed by atoms with Crippen LogP contribution in [0, 0.1) is 0 Å². The highest BCUT2D eigenvalue weighted by Crippen LogP contribution is 2.23. The Bertz CT molecular complexity index is 590. The number of carbonyl (C=O) groups is 1. The molecule has 4 heteroatoms. The van der Waals surface area contributed by atoms with Crippen LogP contribution in [0.3, 0.4) is 0 Å². The fraction of sp³-hybridized carbons (Fsp3) is 0.357. The Labute approximate surface area is 111 Å². The number of nitrogens with zero attached hydrogens (tertiary/aromatic N) is 2. The quantitative estimate of drug-likeness (QED) is 0.726. The molecule has 3 nitrogen and oxygen atoms in total. The van der Waals surface area contributed by atoms with Gasteiger partial charge in [-0.25, -0.2) is 0 Å². The lowest BCUT2D eigenvalue weighted by atomic mass is 10.2. The van der Waals surface area contributed by atoms with Crippen LogP contribution in [0.15, 0.2) is 30.3 Å². The molecule has 0 N–H and O–H groups in total. The second kappa shape index (κ2) is 4.65. The SMILES string of the molecule is O=C(CCl)N1CCCn2c(cc3ccccc32)C1. The Morgan fingerprint density at radius 1 is 1.28 bits per heavy atom. The minimum absolute atomic E-state index is 0.0235. The highest BCUT2D eigenvalue weighted by molar-refractivity contribution is 6.27. The largest absolute Gasteiger partial charge is 0.343 e. The zero-order chi connectivity index (χ0) is 12.5. The normalized spacial score (nSPS) is 15.5. The molecule has 0 saturated carbocycles. The van der Waals surface area contributed by atoms with Crippen LogP contribution in [-0.4, -0.2) is 27.8 Å². The molecule has 0 atom stereocenters. The molecule has 0 unspecified atom stereocenters. The third-order valence-corrected chi connectivity index (χ3v) is 3.75. The van der Waals surface area contributed by atoms with E-state index in [0.717, 1.165) is 19.5 Å². The van der Waals surface area contributed by atoms with Crippen LogP contribution in [0.4, 0.5) is 0 Å². The first-order chi connectivity index (χ1) is 8.79. The topological polar surface area (TPSA) is 25.2 Å². The van der Waals surface area contributed by atoms with E-state index in [9.17, 15) is 4.79 Å². The van der Waals surface area contributed by atoms with Gasteiger partial charge in [-0.05, 0) is 23.9 Å². The van der Waals surface area contributed by atoms with Crippen LogP contribution < -0.4 is 0 Å². The summed E-state index contributed by atoms with van der Waals surface area (Å²) in [6, 6.07) is 10.5. The van der Waals surface area contributed by atoms with Gasteiger partial charge in [-0.3, -0.25) is 4.79 Å². The molecule has 1 aromatic carbocycles. The highest BCUT2D eigenvalue weighted by Gasteiger charge is 2.19. The summed E-state index contributed by atoms with van der Waals surface area (Å²) in [6.07, 6.45) is 0.980. The monoisotopic (exact) mass is 262 g/mol. The van der Waals surface area contributed by atoms with Crippen molar-refractivity contribution < 1.29 is 4.79 Å². The van der Waals surface area contributed by atoms with Crippen LogP contribution in [0.2, 0.25) is 0 Å². The highest BCUT2D eigenvalue weighted by atomic mass is 35.5. The molecule has 0 bridgehead atoms. The lowest BCUT2D eigenvalue weighted by molar-refractivity contribution is -0.129. The average molecular weight is 263 g/mol. The fourth-order valence-electron chi connectivity index (χ4n) is 2.65. The smallest absolute Gasteiger partial charge is 0.237 e. The van der Waals surface area contributed by atoms with Gasteiger partial charge in [0.15, 0.2) is 0 Å². The Morgan fingerprint density at radius 3 is 2.94 bits per heavy atom. The number of aromatic nitrogens is 1. The summed E-state index contributed by atoms with van der Waals surface area (Å²) < 4.78 is 2.32. The van der Waals surface area contributed by atoms with Gasteiger partial charge in [0.1, 0.15) is 5.88 Å². The number of amides is 1. The summed E-state index contributed by atoms with van der Waals surface area (Å²) in [4.78, 5) is 13.6. The summed E-state index contributed by atoms with van der Waals surface area (Å²) in [5, 5.41) is 1.24. The Balaban J connectivity index is 2.02. The van der Waals surface area contributed by atoms with Crippen molar-refractivity contribution in [3.05, 3.63) is 36.0 Å². The number of hydrogen-bond acceptors (Lipinski definition) is 1. The number of hydrogen-bond donors (Lipinski definition) is 0. The van der Waals surface area contributed by atoms with Gasteiger partial charge in [-0.15, -0.1) is 11.6 Å². The predicted molar refractivity (Wildman–Crippen MR) is 72.7 cm³/mol. The number of aryl methyl sites for hydroxylation is 1. The zero-order valence-electron chi connectivity index (χ0n) is 10.1. The van der Waals surface area contributed by atoms with Gasteiger partial charge in [0, 0.05) is 24.3 Å². The number of benzene rings is 1. The van der Waals surface area contributed by atoms with E-state index in [0.29, 0.717) is 6.54 Å². The molecule has 18 heavy (non-hydrogen) atoms. The van der Waals surface area contributed by atoms with E-state index < -0.39 is 0 Å². The molecule has 0 saturated heterocycles. The minimum Gasteiger partial charge on any atom is -0.343 e. The van der Waals surface area contributed by atoms with Gasteiger partial charge in [0.05, 0.1) is 6.54 Å². The summed E-state index contributed by atoms with van der Waals surface area (Å²) >= 11 is 5.65. The number of rotatable bonds is 1. The Hall–Kier alpha value is -1.48. The maximum absolute atomic E-state index is 11.7.